The Labute approximate surface area is 305 Å². The molecule has 272 valence electrons. The lowest BCUT2D eigenvalue weighted by Gasteiger charge is -2.24. The molecule has 0 N–H and O–H groups in total. The average molecular weight is 737 g/mol. The first-order valence-corrected chi connectivity index (χ1v) is 17.4. The van der Waals surface area contributed by atoms with E-state index >= 15 is 8.78 Å². The van der Waals surface area contributed by atoms with Gasteiger partial charge in [0.25, 0.3) is 0 Å². The molecule has 2 heterocycles. The third-order valence-corrected chi connectivity index (χ3v) is 9.88. The highest BCUT2D eigenvalue weighted by Gasteiger charge is 2.42. The summed E-state index contributed by atoms with van der Waals surface area (Å²) in [5.74, 6) is -8.65. The largest absolute Gasteiger partial charge is 0.455 e. The Morgan fingerprint density at radius 2 is 1.28 bits per heavy atom. The lowest BCUT2D eigenvalue weighted by molar-refractivity contribution is -0.142. The number of alkyl halides is 3. The van der Waals surface area contributed by atoms with Crippen LogP contribution in [0.1, 0.15) is 56.2 Å². The predicted molar refractivity (Wildman–Crippen MR) is 198 cm³/mol. The van der Waals surface area contributed by atoms with Gasteiger partial charge in [0.2, 0.25) is 0 Å². The number of aromatic nitrogens is 2. The number of rotatable bonds is 6. The fourth-order valence-corrected chi connectivity index (χ4v) is 7.31. The van der Waals surface area contributed by atoms with Crippen LogP contribution >= 0.6 is 0 Å². The average Bonchev–Trinajstić information content (AvgIpc) is 3.71. The minimum atomic E-state index is -5.62. The van der Waals surface area contributed by atoms with Crippen LogP contribution in [0, 0.1) is 23.3 Å². The van der Waals surface area contributed by atoms with Gasteiger partial charge < -0.3 is 4.42 Å². The molecule has 0 radical (unpaired) electrons. The van der Waals surface area contributed by atoms with Crippen molar-refractivity contribution in [2.24, 2.45) is 0 Å². The normalized spacial score (nSPS) is 12.3. The van der Waals surface area contributed by atoms with Crippen molar-refractivity contribution in [1.82, 2.24) is 9.55 Å². The van der Waals surface area contributed by atoms with Crippen molar-refractivity contribution in [1.29, 1.82) is 0 Å². The zero-order valence-corrected chi connectivity index (χ0v) is 29.4. The van der Waals surface area contributed by atoms with Gasteiger partial charge in [0.05, 0.1) is 27.8 Å². The van der Waals surface area contributed by atoms with E-state index in [1.807, 2.05) is 54.6 Å². The molecule has 0 atom stereocenters. The third-order valence-electron chi connectivity index (χ3n) is 9.88. The first-order valence-electron chi connectivity index (χ1n) is 17.4. The van der Waals surface area contributed by atoms with Gasteiger partial charge in [-0.3, -0.25) is 4.57 Å². The Morgan fingerprint density at radius 1 is 0.611 bits per heavy atom. The van der Waals surface area contributed by atoms with Crippen molar-refractivity contribution >= 4 is 33.0 Å². The molecule has 54 heavy (non-hydrogen) atoms. The molecular formula is C44H31F7N2O. The maximum atomic E-state index is 15.2. The molecule has 8 aromatic rings. The Balaban J connectivity index is 1.39. The second kappa shape index (κ2) is 12.9. The zero-order chi connectivity index (χ0) is 38.2. The fourth-order valence-electron chi connectivity index (χ4n) is 7.31. The number of para-hydroxylation sites is 3. The van der Waals surface area contributed by atoms with Gasteiger partial charge in [-0.15, -0.1) is 0 Å². The summed E-state index contributed by atoms with van der Waals surface area (Å²) in [6.07, 6.45) is -5.62. The first kappa shape index (κ1) is 35.1. The van der Waals surface area contributed by atoms with Crippen LogP contribution in [0.4, 0.5) is 30.7 Å². The van der Waals surface area contributed by atoms with Crippen LogP contribution in [0.3, 0.4) is 0 Å². The number of imidazole rings is 1. The summed E-state index contributed by atoms with van der Waals surface area (Å²) in [6.45, 7) is 8.57. The first-order chi connectivity index (χ1) is 25.8. The molecule has 0 saturated carbocycles. The summed E-state index contributed by atoms with van der Waals surface area (Å²) in [6, 6.07) is 31.5. The van der Waals surface area contributed by atoms with E-state index in [2.05, 4.69) is 56.5 Å². The van der Waals surface area contributed by atoms with Gasteiger partial charge >= 0.3 is 6.18 Å². The summed E-state index contributed by atoms with van der Waals surface area (Å²) in [4.78, 5) is 5.12. The molecule has 0 aliphatic carbocycles. The molecule has 8 rings (SSSR count). The topological polar surface area (TPSA) is 31.0 Å². The monoisotopic (exact) mass is 736 g/mol. The van der Waals surface area contributed by atoms with Crippen LogP contribution in [0.5, 0.6) is 0 Å². The standard InChI is InChI=1S/C44H31F7N2O/c1-22(2)30-19-26(24-11-6-5-7-12-24)20-31(23(3)4)41(30)53-33-16-9-8-15-32(33)52-43(53)29-14-10-13-28-27-18-17-25(21-34(27)54-42(28)29)35-37(45)36(44(49,50)51)39(47)40(48)38(35)46/h5-23H,1-4H3. The molecule has 0 fully saturated rings. The highest BCUT2D eigenvalue weighted by molar-refractivity contribution is 6.10. The number of fused-ring (bicyclic) bond motifs is 4. The number of halogens is 7. The number of hydrogen-bond donors (Lipinski definition) is 0. The molecular weight excluding hydrogens is 705 g/mol. The van der Waals surface area contributed by atoms with E-state index in [1.54, 1.807) is 6.07 Å². The molecule has 3 nitrogen and oxygen atoms in total. The van der Waals surface area contributed by atoms with Crippen molar-refractivity contribution in [3.8, 4) is 39.3 Å². The maximum Gasteiger partial charge on any atom is 0.422 e. The van der Waals surface area contributed by atoms with E-state index in [0.717, 1.165) is 51.1 Å². The molecule has 10 heteroatoms. The van der Waals surface area contributed by atoms with Crippen molar-refractivity contribution in [3.05, 3.63) is 143 Å². The van der Waals surface area contributed by atoms with Crippen LogP contribution in [0.25, 0.3) is 72.3 Å². The maximum absolute atomic E-state index is 15.2. The van der Waals surface area contributed by atoms with Gasteiger partial charge in [-0.2, -0.15) is 13.2 Å². The molecule has 0 bridgehead atoms. The van der Waals surface area contributed by atoms with Gasteiger partial charge in [-0.05, 0) is 82.1 Å². The SMILES string of the molecule is CC(C)c1cc(-c2ccccc2)cc(C(C)C)c1-n1c(-c2cccc3c2oc2cc(-c4c(F)c(F)c(F)c(C(F)(F)F)c4F)ccc23)nc2ccccc21. The van der Waals surface area contributed by atoms with E-state index < -0.39 is 46.1 Å². The van der Waals surface area contributed by atoms with Gasteiger partial charge in [0, 0.05) is 10.8 Å². The van der Waals surface area contributed by atoms with Crippen LogP contribution in [0.15, 0.2) is 108 Å². The second-order valence-electron chi connectivity index (χ2n) is 13.9. The molecule has 0 spiro atoms. The smallest absolute Gasteiger partial charge is 0.422 e. The van der Waals surface area contributed by atoms with Crippen molar-refractivity contribution < 1.29 is 35.2 Å². The summed E-state index contributed by atoms with van der Waals surface area (Å²) >= 11 is 0. The Kier molecular flexibility index (Phi) is 8.39. The number of furan rings is 1. The van der Waals surface area contributed by atoms with Crippen molar-refractivity contribution in [2.45, 2.75) is 45.7 Å². The molecule has 0 unspecified atom stereocenters. The zero-order valence-electron chi connectivity index (χ0n) is 29.4. The Morgan fingerprint density at radius 3 is 1.94 bits per heavy atom. The predicted octanol–water partition coefficient (Wildman–Crippen LogP) is 13.7. The summed E-state index contributed by atoms with van der Waals surface area (Å²) in [5, 5.41) is 1.08. The third kappa shape index (κ3) is 5.54. The van der Waals surface area contributed by atoms with E-state index in [1.165, 1.54) is 6.07 Å². The second-order valence-corrected chi connectivity index (χ2v) is 13.9. The van der Waals surface area contributed by atoms with Crippen LogP contribution in [-0.2, 0) is 6.18 Å². The summed E-state index contributed by atoms with van der Waals surface area (Å²) < 4.78 is 108. The van der Waals surface area contributed by atoms with E-state index in [-0.39, 0.29) is 17.4 Å². The van der Waals surface area contributed by atoms with E-state index in [0.29, 0.717) is 27.7 Å². The van der Waals surface area contributed by atoms with E-state index in [4.69, 9.17) is 9.40 Å². The molecule has 2 aromatic heterocycles. The lowest BCUT2D eigenvalue weighted by Crippen LogP contribution is -2.15. The highest BCUT2D eigenvalue weighted by Crippen LogP contribution is 2.45. The van der Waals surface area contributed by atoms with Gasteiger partial charge in [0.15, 0.2) is 17.5 Å². The van der Waals surface area contributed by atoms with Crippen LogP contribution < -0.4 is 0 Å². The van der Waals surface area contributed by atoms with Gasteiger partial charge in [-0.1, -0.05) is 88.4 Å². The molecule has 0 amide bonds. The van der Waals surface area contributed by atoms with Crippen LogP contribution in [0.2, 0.25) is 0 Å². The highest BCUT2D eigenvalue weighted by atomic mass is 19.4. The molecule has 0 aliphatic heterocycles. The molecule has 6 aromatic carbocycles. The quantitative estimate of drug-likeness (QED) is 0.0967. The van der Waals surface area contributed by atoms with E-state index in [9.17, 15) is 22.0 Å². The summed E-state index contributed by atoms with van der Waals surface area (Å²) in [5.41, 5.74) is 3.61. The Hall–Kier alpha value is -5.90. The summed E-state index contributed by atoms with van der Waals surface area (Å²) in [7, 11) is 0. The molecule has 0 aliphatic rings. The van der Waals surface area contributed by atoms with Crippen LogP contribution in [-0.4, -0.2) is 9.55 Å². The van der Waals surface area contributed by atoms with Gasteiger partial charge in [0.1, 0.15) is 28.4 Å². The number of nitrogens with zero attached hydrogens (tertiary/aromatic N) is 2. The van der Waals surface area contributed by atoms with Crippen molar-refractivity contribution in [3.63, 3.8) is 0 Å². The van der Waals surface area contributed by atoms with Crippen molar-refractivity contribution in [2.75, 3.05) is 0 Å². The van der Waals surface area contributed by atoms with Gasteiger partial charge in [-0.25, -0.2) is 22.5 Å². The Bertz CT molecular complexity index is 2730. The number of benzene rings is 6. The number of hydrogen-bond acceptors (Lipinski definition) is 2. The molecule has 0 saturated heterocycles. The minimum Gasteiger partial charge on any atom is -0.455 e. The minimum absolute atomic E-state index is 0.0626. The fraction of sp³-hybridized carbons (Fsp3) is 0.159. The lowest BCUT2D eigenvalue weighted by atomic mass is 9.88.